The molecule has 3 heteroatoms. The van der Waals surface area contributed by atoms with Gasteiger partial charge in [-0.15, -0.1) is 0 Å². The third-order valence-corrected chi connectivity index (χ3v) is 23.0. The molecule has 6 aromatic carbocycles. The molecule has 2 aliphatic carbocycles. The molecule has 2 atom stereocenters. The van der Waals surface area contributed by atoms with Crippen molar-refractivity contribution in [1.82, 2.24) is 0 Å². The predicted octanol–water partition coefficient (Wildman–Crippen LogP) is 9.09. The summed E-state index contributed by atoms with van der Waals surface area (Å²) in [6, 6.07) is 64.1. The molecule has 0 nitrogen and oxygen atoms in total. The standard InChI is InChI=1S/2C21H16P.Zr/c2*1-3-10-18(11-4-1)22(19-12-5-2-6-13-19)21-16-15-17-9-7-8-14-20(17)21;/h2*1-16H;. The molecule has 0 aromatic heterocycles. The second kappa shape index (κ2) is 12.4. The van der Waals surface area contributed by atoms with Gasteiger partial charge in [-0.1, -0.05) is 0 Å². The van der Waals surface area contributed by atoms with Crippen molar-refractivity contribution >= 4 is 49.2 Å². The monoisotopic (exact) mass is 688 g/mol. The van der Waals surface area contributed by atoms with E-state index in [0.717, 1.165) is 0 Å². The van der Waals surface area contributed by atoms with Crippen molar-refractivity contribution in [3.05, 3.63) is 204 Å². The molecule has 0 aliphatic heterocycles. The first-order chi connectivity index (χ1) is 22.3. The van der Waals surface area contributed by atoms with Crippen LogP contribution in [0.25, 0.3) is 12.2 Å². The van der Waals surface area contributed by atoms with Crippen LogP contribution in [0.1, 0.15) is 22.3 Å². The van der Waals surface area contributed by atoms with Crippen molar-refractivity contribution in [3.63, 3.8) is 0 Å². The van der Waals surface area contributed by atoms with Gasteiger partial charge in [-0.05, 0) is 0 Å². The predicted molar refractivity (Wildman–Crippen MR) is 192 cm³/mol. The van der Waals surface area contributed by atoms with Crippen LogP contribution in [0.2, 0.25) is 0 Å². The Hall–Kier alpha value is -3.46. The van der Waals surface area contributed by atoms with Crippen LogP contribution in [0, 0.1) is 0 Å². The van der Waals surface area contributed by atoms with Crippen LogP contribution in [0.4, 0.5) is 0 Å². The van der Waals surface area contributed by atoms with Gasteiger partial charge in [-0.2, -0.15) is 0 Å². The van der Waals surface area contributed by atoms with Crippen molar-refractivity contribution < 1.29 is 23.2 Å². The summed E-state index contributed by atoms with van der Waals surface area (Å²) in [6.45, 7) is 0. The summed E-state index contributed by atoms with van der Waals surface area (Å²) in [7, 11) is -1.51. The molecule has 214 valence electrons. The van der Waals surface area contributed by atoms with E-state index < -0.39 is 39.1 Å². The number of allylic oxidation sites excluding steroid dienone is 2. The molecular formula is C42H32P2Zr. The Kier molecular flexibility index (Phi) is 7.98. The molecule has 0 saturated heterocycles. The van der Waals surface area contributed by atoms with Crippen LogP contribution in [-0.4, -0.2) is 0 Å². The van der Waals surface area contributed by atoms with Gasteiger partial charge in [0.25, 0.3) is 0 Å². The number of rotatable bonds is 8. The molecule has 2 aliphatic rings. The molecule has 0 spiro atoms. The Labute approximate surface area is 280 Å². The zero-order chi connectivity index (χ0) is 30.1. The SMILES string of the molecule is C1=C[C]([Zr][C]2(P(c3ccccc3)c3ccccc3)C=Cc3ccccc32)(P(c2ccccc2)c2ccccc2)c2ccccc21. The van der Waals surface area contributed by atoms with Crippen LogP contribution in [0.5, 0.6) is 0 Å². The van der Waals surface area contributed by atoms with E-state index in [4.69, 9.17) is 0 Å². The summed E-state index contributed by atoms with van der Waals surface area (Å²) < 4.78 is -0.131. The molecule has 8 rings (SSSR count). The number of benzene rings is 6. The van der Waals surface area contributed by atoms with Gasteiger partial charge in [0.05, 0.1) is 0 Å². The molecule has 0 amide bonds. The number of hydrogen-bond donors (Lipinski definition) is 0. The van der Waals surface area contributed by atoms with E-state index in [9.17, 15) is 0 Å². The molecule has 2 unspecified atom stereocenters. The Morgan fingerprint density at radius 3 is 0.956 bits per heavy atom. The van der Waals surface area contributed by atoms with Gasteiger partial charge in [0.2, 0.25) is 0 Å². The van der Waals surface area contributed by atoms with Crippen molar-refractivity contribution in [1.29, 1.82) is 0 Å². The van der Waals surface area contributed by atoms with Gasteiger partial charge in [-0.3, -0.25) is 0 Å². The maximum absolute atomic E-state index is 2.66. The van der Waals surface area contributed by atoms with E-state index >= 15 is 0 Å². The summed E-state index contributed by atoms with van der Waals surface area (Å²) in [5.74, 6) is 0. The van der Waals surface area contributed by atoms with Crippen LogP contribution in [-0.2, 0) is 29.0 Å². The van der Waals surface area contributed by atoms with Gasteiger partial charge in [-0.25, -0.2) is 0 Å². The quantitative estimate of drug-likeness (QED) is 0.140. The topological polar surface area (TPSA) is 0 Å². The van der Waals surface area contributed by atoms with E-state index in [1.165, 1.54) is 43.5 Å². The Morgan fingerprint density at radius 1 is 0.333 bits per heavy atom. The minimum atomic E-state index is -1.50. The molecule has 0 heterocycles. The molecule has 0 saturated carbocycles. The van der Waals surface area contributed by atoms with Gasteiger partial charge in [0.15, 0.2) is 0 Å². The molecule has 0 radical (unpaired) electrons. The van der Waals surface area contributed by atoms with Gasteiger partial charge >= 0.3 is 282 Å². The minimum absolute atomic E-state index is 0.0655. The third kappa shape index (κ3) is 5.11. The average Bonchev–Trinajstić information content (AvgIpc) is 3.66. The summed E-state index contributed by atoms with van der Waals surface area (Å²) in [4.78, 5) is 0. The second-order valence-corrected chi connectivity index (χ2v) is 22.9. The summed E-state index contributed by atoms with van der Waals surface area (Å²) in [5.41, 5.74) is 5.80. The number of hydrogen-bond acceptors (Lipinski definition) is 0. The third-order valence-electron chi connectivity index (χ3n) is 8.90. The zero-order valence-corrected chi connectivity index (χ0v) is 29.1. The summed E-state index contributed by atoms with van der Waals surface area (Å²) in [5, 5.41) is 5.82. The normalized spacial score (nSPS) is 19.5. The molecule has 0 fully saturated rings. The number of fused-ring (bicyclic) bond motifs is 2. The Bertz CT molecular complexity index is 1760. The maximum atomic E-state index is 2.66. The van der Waals surface area contributed by atoms with E-state index in [1.54, 1.807) is 0 Å². The Morgan fingerprint density at radius 2 is 0.622 bits per heavy atom. The van der Waals surface area contributed by atoms with Crippen LogP contribution < -0.4 is 21.2 Å². The van der Waals surface area contributed by atoms with E-state index in [2.05, 4.69) is 194 Å². The molecular weight excluding hydrogens is 658 g/mol. The van der Waals surface area contributed by atoms with E-state index in [0.29, 0.717) is 0 Å². The fourth-order valence-electron chi connectivity index (χ4n) is 7.01. The van der Waals surface area contributed by atoms with Crippen LogP contribution >= 0.6 is 15.8 Å². The first kappa shape index (κ1) is 29.0. The van der Waals surface area contributed by atoms with Crippen molar-refractivity contribution in [2.24, 2.45) is 0 Å². The average molecular weight is 690 g/mol. The van der Waals surface area contributed by atoms with Gasteiger partial charge in [0, 0.05) is 0 Å². The van der Waals surface area contributed by atoms with Crippen molar-refractivity contribution in [3.8, 4) is 0 Å². The fraction of sp³-hybridized carbons (Fsp3) is 0.0476. The van der Waals surface area contributed by atoms with Crippen LogP contribution in [0.3, 0.4) is 0 Å². The first-order valence-corrected chi connectivity index (χ1v) is 20.6. The summed E-state index contributed by atoms with van der Waals surface area (Å²) >= 11 is -1.50. The zero-order valence-electron chi connectivity index (χ0n) is 24.9. The molecule has 0 bridgehead atoms. The molecule has 0 N–H and O–H groups in total. The van der Waals surface area contributed by atoms with Crippen molar-refractivity contribution in [2.45, 2.75) is 5.73 Å². The van der Waals surface area contributed by atoms with Gasteiger partial charge in [0.1, 0.15) is 0 Å². The Balaban J connectivity index is 1.44. The first-order valence-electron chi connectivity index (χ1n) is 15.5. The van der Waals surface area contributed by atoms with Gasteiger partial charge < -0.3 is 0 Å². The van der Waals surface area contributed by atoms with E-state index in [1.807, 2.05) is 0 Å². The van der Waals surface area contributed by atoms with E-state index in [-0.39, 0.29) is 5.73 Å². The molecule has 45 heavy (non-hydrogen) atoms. The summed E-state index contributed by atoms with van der Waals surface area (Å²) in [6.07, 6.45) is 10.2. The van der Waals surface area contributed by atoms with Crippen molar-refractivity contribution in [2.75, 3.05) is 0 Å². The van der Waals surface area contributed by atoms with Crippen LogP contribution in [0.15, 0.2) is 182 Å². The molecule has 6 aromatic rings. The fourth-order valence-corrected chi connectivity index (χ4v) is 24.8. The second-order valence-electron chi connectivity index (χ2n) is 11.5.